The van der Waals surface area contributed by atoms with Gasteiger partial charge in [-0.3, -0.25) is 4.79 Å². The lowest BCUT2D eigenvalue weighted by atomic mass is 10.1. The molecule has 6 heteroatoms. The van der Waals surface area contributed by atoms with Crippen molar-refractivity contribution < 1.29 is 18.3 Å². The SMILES string of the molecule is Cc1ccc(NC(=O)[C@@H]2CCS(=O)(=O)C2)c(O)c1. The second-order valence-electron chi connectivity index (χ2n) is 4.61. The first-order valence-corrected chi connectivity index (χ1v) is 7.50. The van der Waals surface area contributed by atoms with E-state index in [2.05, 4.69) is 5.32 Å². The van der Waals surface area contributed by atoms with Crippen LogP contribution in [0.2, 0.25) is 0 Å². The van der Waals surface area contributed by atoms with Crippen molar-refractivity contribution in [2.45, 2.75) is 13.3 Å². The summed E-state index contributed by atoms with van der Waals surface area (Å²) in [6, 6.07) is 4.91. The number of phenolic OH excluding ortho intramolecular Hbond substituents is 1. The van der Waals surface area contributed by atoms with Gasteiger partial charge in [0.05, 0.1) is 23.1 Å². The summed E-state index contributed by atoms with van der Waals surface area (Å²) in [5.41, 5.74) is 1.20. The van der Waals surface area contributed by atoms with Crippen LogP contribution in [0.3, 0.4) is 0 Å². The molecule has 0 aromatic heterocycles. The number of benzene rings is 1. The topological polar surface area (TPSA) is 83.5 Å². The summed E-state index contributed by atoms with van der Waals surface area (Å²) >= 11 is 0. The normalized spacial score (nSPS) is 21.7. The van der Waals surface area contributed by atoms with Gasteiger partial charge in [-0.2, -0.15) is 0 Å². The third kappa shape index (κ3) is 2.81. The lowest BCUT2D eigenvalue weighted by Crippen LogP contribution is -2.23. The summed E-state index contributed by atoms with van der Waals surface area (Å²) in [6.45, 7) is 1.83. The molecule has 1 heterocycles. The van der Waals surface area contributed by atoms with E-state index in [0.717, 1.165) is 5.56 Å². The summed E-state index contributed by atoms with van der Waals surface area (Å²) in [6.07, 6.45) is 0.348. The molecule has 0 bridgehead atoms. The fourth-order valence-electron chi connectivity index (χ4n) is 1.98. The van der Waals surface area contributed by atoms with Gasteiger partial charge in [-0.1, -0.05) is 6.07 Å². The van der Waals surface area contributed by atoms with E-state index in [1.54, 1.807) is 18.2 Å². The molecule has 1 aromatic carbocycles. The highest BCUT2D eigenvalue weighted by molar-refractivity contribution is 7.91. The first-order chi connectivity index (χ1) is 8.37. The van der Waals surface area contributed by atoms with E-state index in [-0.39, 0.29) is 23.2 Å². The van der Waals surface area contributed by atoms with Gasteiger partial charge >= 0.3 is 0 Å². The highest BCUT2D eigenvalue weighted by Crippen LogP contribution is 2.26. The van der Waals surface area contributed by atoms with Crippen LogP contribution < -0.4 is 5.32 Å². The van der Waals surface area contributed by atoms with Crippen LogP contribution >= 0.6 is 0 Å². The summed E-state index contributed by atoms with van der Waals surface area (Å²) in [5, 5.41) is 12.2. The molecule has 2 N–H and O–H groups in total. The first kappa shape index (κ1) is 12.9. The van der Waals surface area contributed by atoms with Crippen LogP contribution in [0.4, 0.5) is 5.69 Å². The van der Waals surface area contributed by atoms with Crippen molar-refractivity contribution in [3.05, 3.63) is 23.8 Å². The van der Waals surface area contributed by atoms with Crippen molar-refractivity contribution in [2.24, 2.45) is 5.92 Å². The Morgan fingerprint density at radius 3 is 2.72 bits per heavy atom. The molecular weight excluding hydrogens is 254 g/mol. The third-order valence-corrected chi connectivity index (χ3v) is 4.78. The lowest BCUT2D eigenvalue weighted by Gasteiger charge is -2.11. The maximum atomic E-state index is 11.9. The average Bonchev–Trinajstić information content (AvgIpc) is 2.63. The fourth-order valence-corrected chi connectivity index (χ4v) is 3.73. The van der Waals surface area contributed by atoms with Crippen LogP contribution in [-0.4, -0.2) is 30.9 Å². The summed E-state index contributed by atoms with van der Waals surface area (Å²) in [4.78, 5) is 11.9. The number of sulfone groups is 1. The van der Waals surface area contributed by atoms with Crippen LogP contribution in [-0.2, 0) is 14.6 Å². The van der Waals surface area contributed by atoms with E-state index in [1.165, 1.54) is 0 Å². The van der Waals surface area contributed by atoms with Gasteiger partial charge in [0.2, 0.25) is 5.91 Å². The average molecular weight is 269 g/mol. The minimum Gasteiger partial charge on any atom is -0.506 e. The molecule has 0 aliphatic carbocycles. The van der Waals surface area contributed by atoms with Gasteiger partial charge in [-0.05, 0) is 31.0 Å². The zero-order chi connectivity index (χ0) is 13.3. The molecule has 0 unspecified atom stereocenters. The second-order valence-corrected chi connectivity index (χ2v) is 6.84. The number of phenols is 1. The molecule has 1 aliphatic heterocycles. The largest absolute Gasteiger partial charge is 0.506 e. The van der Waals surface area contributed by atoms with Gasteiger partial charge in [0, 0.05) is 0 Å². The third-order valence-electron chi connectivity index (χ3n) is 3.01. The number of carbonyl (C=O) groups excluding carboxylic acids is 1. The highest BCUT2D eigenvalue weighted by atomic mass is 32.2. The zero-order valence-electron chi connectivity index (χ0n) is 10.0. The Kier molecular flexibility index (Phi) is 3.30. The van der Waals surface area contributed by atoms with E-state index in [9.17, 15) is 18.3 Å². The number of carbonyl (C=O) groups is 1. The summed E-state index contributed by atoms with van der Waals surface area (Å²) in [5.74, 6) is -0.925. The summed E-state index contributed by atoms with van der Waals surface area (Å²) < 4.78 is 22.6. The number of rotatable bonds is 2. The molecule has 1 aliphatic rings. The van der Waals surface area contributed by atoms with Gasteiger partial charge in [-0.25, -0.2) is 8.42 Å². The Hall–Kier alpha value is -1.56. The minimum absolute atomic E-state index is 0.01000. The molecule has 0 saturated carbocycles. The minimum atomic E-state index is -3.07. The number of aromatic hydroxyl groups is 1. The number of nitrogens with one attached hydrogen (secondary N) is 1. The Balaban J connectivity index is 2.08. The molecule has 1 atom stereocenters. The van der Waals surface area contributed by atoms with Crippen molar-refractivity contribution in [1.29, 1.82) is 0 Å². The molecular formula is C12H15NO4S. The monoisotopic (exact) mass is 269 g/mol. The maximum Gasteiger partial charge on any atom is 0.228 e. The Morgan fingerprint density at radius 2 is 2.17 bits per heavy atom. The van der Waals surface area contributed by atoms with E-state index < -0.39 is 15.8 Å². The van der Waals surface area contributed by atoms with Crippen LogP contribution in [0.15, 0.2) is 18.2 Å². The number of hydrogen-bond acceptors (Lipinski definition) is 4. The van der Waals surface area contributed by atoms with Gasteiger partial charge in [0.1, 0.15) is 5.75 Å². The van der Waals surface area contributed by atoms with Crippen molar-refractivity contribution >= 4 is 21.4 Å². The van der Waals surface area contributed by atoms with Crippen molar-refractivity contribution in [2.75, 3.05) is 16.8 Å². The van der Waals surface area contributed by atoms with Crippen LogP contribution in [0.25, 0.3) is 0 Å². The molecule has 98 valence electrons. The maximum absolute atomic E-state index is 11.9. The standard InChI is InChI=1S/C12H15NO4S/c1-8-2-3-10(11(14)6-8)13-12(15)9-4-5-18(16,17)7-9/h2-3,6,9,14H,4-5,7H2,1H3,(H,13,15)/t9-/m1/s1. The van der Waals surface area contributed by atoms with Crippen LogP contribution in [0, 0.1) is 12.8 Å². The Morgan fingerprint density at radius 1 is 1.44 bits per heavy atom. The van der Waals surface area contributed by atoms with Crippen molar-refractivity contribution in [3.63, 3.8) is 0 Å². The number of amides is 1. The molecule has 5 nitrogen and oxygen atoms in total. The van der Waals surface area contributed by atoms with Gasteiger partial charge in [0.15, 0.2) is 9.84 Å². The van der Waals surface area contributed by atoms with Crippen LogP contribution in [0.5, 0.6) is 5.75 Å². The van der Waals surface area contributed by atoms with E-state index in [1.807, 2.05) is 6.92 Å². The zero-order valence-corrected chi connectivity index (χ0v) is 10.8. The fraction of sp³-hybridized carbons (Fsp3) is 0.417. The number of hydrogen-bond donors (Lipinski definition) is 2. The molecule has 18 heavy (non-hydrogen) atoms. The first-order valence-electron chi connectivity index (χ1n) is 5.68. The van der Waals surface area contributed by atoms with Gasteiger partial charge in [-0.15, -0.1) is 0 Å². The lowest BCUT2D eigenvalue weighted by molar-refractivity contribution is -0.119. The molecule has 1 amide bonds. The molecule has 0 spiro atoms. The molecule has 1 saturated heterocycles. The van der Waals surface area contributed by atoms with Gasteiger partial charge in [0.25, 0.3) is 0 Å². The predicted molar refractivity (Wildman–Crippen MR) is 68.2 cm³/mol. The van der Waals surface area contributed by atoms with Crippen molar-refractivity contribution in [3.8, 4) is 5.75 Å². The highest BCUT2D eigenvalue weighted by Gasteiger charge is 2.33. The van der Waals surface area contributed by atoms with E-state index >= 15 is 0 Å². The number of anilines is 1. The molecule has 1 fully saturated rings. The van der Waals surface area contributed by atoms with Crippen molar-refractivity contribution in [1.82, 2.24) is 0 Å². The smallest absolute Gasteiger partial charge is 0.228 e. The predicted octanol–water partition coefficient (Wildman–Crippen LogP) is 1.07. The molecule has 0 radical (unpaired) electrons. The Labute approximate surface area is 106 Å². The summed E-state index contributed by atoms with van der Waals surface area (Å²) in [7, 11) is -3.07. The van der Waals surface area contributed by atoms with E-state index in [4.69, 9.17) is 0 Å². The molecule has 2 rings (SSSR count). The Bertz CT molecular complexity index is 580. The second kappa shape index (κ2) is 4.61. The molecule has 1 aromatic rings. The number of aryl methyl sites for hydroxylation is 1. The van der Waals surface area contributed by atoms with Gasteiger partial charge < -0.3 is 10.4 Å². The quantitative estimate of drug-likeness (QED) is 0.787. The van der Waals surface area contributed by atoms with Crippen LogP contribution in [0.1, 0.15) is 12.0 Å². The van der Waals surface area contributed by atoms with E-state index in [0.29, 0.717) is 12.1 Å².